The molecule has 9 heteroatoms. The molecular formula is C21H28F3N5O. The number of benzene rings is 1. The zero-order valence-corrected chi connectivity index (χ0v) is 17.1. The van der Waals surface area contributed by atoms with Gasteiger partial charge in [-0.3, -0.25) is 9.67 Å². The van der Waals surface area contributed by atoms with E-state index in [1.54, 1.807) is 19.3 Å². The quantitative estimate of drug-likeness (QED) is 0.408. The van der Waals surface area contributed by atoms with Crippen LogP contribution in [0.15, 0.2) is 47.7 Å². The van der Waals surface area contributed by atoms with Crippen LogP contribution in [0.2, 0.25) is 0 Å². The summed E-state index contributed by atoms with van der Waals surface area (Å²) in [6.45, 7) is 3.03. The van der Waals surface area contributed by atoms with Gasteiger partial charge in [0.25, 0.3) is 0 Å². The lowest BCUT2D eigenvalue weighted by molar-refractivity contribution is -0.137. The molecule has 2 aromatic rings. The fourth-order valence-electron chi connectivity index (χ4n) is 3.71. The highest BCUT2D eigenvalue weighted by atomic mass is 19.4. The van der Waals surface area contributed by atoms with Crippen molar-refractivity contribution in [3.05, 3.63) is 53.9 Å². The summed E-state index contributed by atoms with van der Waals surface area (Å²) in [6.07, 6.45) is 1.47. The van der Waals surface area contributed by atoms with E-state index >= 15 is 0 Å². The first kappa shape index (κ1) is 22.1. The minimum atomic E-state index is -4.36. The van der Waals surface area contributed by atoms with Crippen LogP contribution in [-0.2, 0) is 22.9 Å². The lowest BCUT2D eigenvalue weighted by Gasteiger charge is -2.38. The lowest BCUT2D eigenvalue weighted by atomic mass is 9.73. The van der Waals surface area contributed by atoms with E-state index in [1.165, 1.54) is 12.1 Å². The van der Waals surface area contributed by atoms with Gasteiger partial charge >= 0.3 is 6.18 Å². The van der Waals surface area contributed by atoms with Crippen LogP contribution in [0.4, 0.5) is 13.2 Å². The van der Waals surface area contributed by atoms with E-state index < -0.39 is 17.2 Å². The van der Waals surface area contributed by atoms with Crippen molar-refractivity contribution in [1.82, 2.24) is 20.4 Å². The van der Waals surface area contributed by atoms with E-state index in [1.807, 2.05) is 16.9 Å². The normalized spacial score (nSPS) is 17.0. The van der Waals surface area contributed by atoms with Gasteiger partial charge in [0.05, 0.1) is 5.56 Å². The van der Waals surface area contributed by atoms with Crippen LogP contribution < -0.4 is 10.6 Å². The molecule has 2 N–H and O–H groups in total. The molecule has 0 bridgehead atoms. The van der Waals surface area contributed by atoms with Crippen molar-refractivity contribution in [3.63, 3.8) is 0 Å². The zero-order valence-electron chi connectivity index (χ0n) is 17.1. The van der Waals surface area contributed by atoms with Crippen LogP contribution in [-0.4, -0.2) is 49.1 Å². The number of hydrogen-bond donors (Lipinski definition) is 2. The summed E-state index contributed by atoms with van der Waals surface area (Å²) in [7, 11) is 1.68. The molecular weight excluding hydrogens is 395 g/mol. The number of aromatic nitrogens is 2. The summed E-state index contributed by atoms with van der Waals surface area (Å²) in [6, 6.07) is 7.53. The molecule has 1 aromatic heterocycles. The molecule has 0 aliphatic carbocycles. The minimum Gasteiger partial charge on any atom is -0.381 e. The van der Waals surface area contributed by atoms with Crippen molar-refractivity contribution in [2.24, 2.45) is 4.99 Å². The molecule has 164 valence electrons. The Kier molecular flexibility index (Phi) is 7.36. The molecule has 6 nitrogen and oxygen atoms in total. The Morgan fingerprint density at radius 2 is 2.03 bits per heavy atom. The Morgan fingerprint density at radius 1 is 1.23 bits per heavy atom. The molecule has 2 heterocycles. The van der Waals surface area contributed by atoms with Gasteiger partial charge in [-0.1, -0.05) is 18.2 Å². The molecule has 1 aromatic carbocycles. The summed E-state index contributed by atoms with van der Waals surface area (Å²) in [5.41, 5.74) is -0.374. The Morgan fingerprint density at radius 3 is 2.70 bits per heavy atom. The van der Waals surface area contributed by atoms with Crippen molar-refractivity contribution in [2.45, 2.75) is 37.4 Å². The first-order valence-corrected chi connectivity index (χ1v) is 10.1. The highest BCUT2D eigenvalue weighted by molar-refractivity contribution is 5.79. The number of rotatable bonds is 7. The molecule has 30 heavy (non-hydrogen) atoms. The van der Waals surface area contributed by atoms with Crippen LogP contribution in [0.25, 0.3) is 0 Å². The molecule has 0 saturated carbocycles. The Labute approximate surface area is 174 Å². The smallest absolute Gasteiger partial charge is 0.381 e. The monoisotopic (exact) mass is 423 g/mol. The summed E-state index contributed by atoms with van der Waals surface area (Å²) < 4.78 is 47.0. The average molecular weight is 423 g/mol. The first-order valence-electron chi connectivity index (χ1n) is 10.1. The topological polar surface area (TPSA) is 63.5 Å². The van der Waals surface area contributed by atoms with Gasteiger partial charge in [-0.15, -0.1) is 0 Å². The van der Waals surface area contributed by atoms with E-state index in [4.69, 9.17) is 4.74 Å². The maximum Gasteiger partial charge on any atom is 0.416 e. The van der Waals surface area contributed by atoms with Gasteiger partial charge in [0.15, 0.2) is 5.96 Å². The molecule has 0 radical (unpaired) electrons. The molecule has 0 unspecified atom stereocenters. The van der Waals surface area contributed by atoms with Gasteiger partial charge in [0, 0.05) is 57.7 Å². The SMILES string of the molecule is CN=C(NCCCn1cccn1)NCC1(c2cccc(C(F)(F)F)c2)CCOCC1. The largest absolute Gasteiger partial charge is 0.416 e. The molecule has 1 aliphatic heterocycles. The average Bonchev–Trinajstić information content (AvgIpc) is 3.27. The van der Waals surface area contributed by atoms with Crippen molar-refractivity contribution in [2.75, 3.05) is 33.4 Å². The minimum absolute atomic E-state index is 0.438. The number of hydrogen-bond acceptors (Lipinski definition) is 3. The number of alkyl halides is 3. The van der Waals surface area contributed by atoms with Crippen molar-refractivity contribution < 1.29 is 17.9 Å². The fourth-order valence-corrected chi connectivity index (χ4v) is 3.71. The van der Waals surface area contributed by atoms with Crippen molar-refractivity contribution in [1.29, 1.82) is 0 Å². The van der Waals surface area contributed by atoms with E-state index in [-0.39, 0.29) is 0 Å². The highest BCUT2D eigenvalue weighted by Crippen LogP contribution is 2.37. The number of guanidine groups is 1. The zero-order chi connectivity index (χ0) is 21.5. The van der Waals surface area contributed by atoms with E-state index in [2.05, 4.69) is 20.7 Å². The van der Waals surface area contributed by atoms with Crippen LogP contribution >= 0.6 is 0 Å². The predicted molar refractivity (Wildman–Crippen MR) is 109 cm³/mol. The van der Waals surface area contributed by atoms with Crippen LogP contribution in [0.1, 0.15) is 30.4 Å². The summed E-state index contributed by atoms with van der Waals surface area (Å²) in [5.74, 6) is 0.633. The molecule has 1 fully saturated rings. The Bertz CT molecular complexity index is 814. The van der Waals surface area contributed by atoms with Gasteiger partial charge in [0.1, 0.15) is 0 Å². The number of nitrogens with zero attached hydrogens (tertiary/aromatic N) is 3. The third-order valence-corrected chi connectivity index (χ3v) is 5.49. The van der Waals surface area contributed by atoms with Gasteiger partial charge in [0.2, 0.25) is 0 Å². The Balaban J connectivity index is 1.62. The predicted octanol–water partition coefficient (Wildman–Crippen LogP) is 3.21. The van der Waals surface area contributed by atoms with Crippen LogP contribution in [0.5, 0.6) is 0 Å². The van der Waals surface area contributed by atoms with Gasteiger partial charge in [-0.05, 0) is 37.0 Å². The molecule has 0 spiro atoms. The second kappa shape index (κ2) is 9.97. The van der Waals surface area contributed by atoms with Gasteiger partial charge in [-0.2, -0.15) is 18.3 Å². The number of aliphatic imine (C=N–C) groups is 1. The third-order valence-electron chi connectivity index (χ3n) is 5.49. The number of ether oxygens (including phenoxy) is 1. The summed E-state index contributed by atoms with van der Waals surface area (Å²) >= 11 is 0. The van der Waals surface area contributed by atoms with E-state index in [0.29, 0.717) is 50.7 Å². The summed E-state index contributed by atoms with van der Waals surface area (Å²) in [5, 5.41) is 10.7. The van der Waals surface area contributed by atoms with E-state index in [0.717, 1.165) is 19.0 Å². The third kappa shape index (κ3) is 5.75. The van der Waals surface area contributed by atoms with Crippen LogP contribution in [0.3, 0.4) is 0 Å². The molecule has 1 aliphatic rings. The molecule has 3 rings (SSSR count). The van der Waals surface area contributed by atoms with Gasteiger partial charge < -0.3 is 15.4 Å². The van der Waals surface area contributed by atoms with Gasteiger partial charge in [-0.25, -0.2) is 0 Å². The second-order valence-corrected chi connectivity index (χ2v) is 7.45. The van der Waals surface area contributed by atoms with Crippen LogP contribution in [0, 0.1) is 0 Å². The number of aryl methyl sites for hydroxylation is 1. The summed E-state index contributed by atoms with van der Waals surface area (Å²) in [4.78, 5) is 4.25. The standard InChI is InChI=1S/C21H28F3N5O/c1-25-19(26-9-3-11-29-12-4-10-28-29)27-16-20(7-13-30-14-8-20)17-5-2-6-18(15-17)21(22,23)24/h2,4-6,10,12,15H,3,7-9,11,13-14,16H2,1H3,(H2,25,26,27). The molecule has 1 saturated heterocycles. The highest BCUT2D eigenvalue weighted by Gasteiger charge is 2.37. The number of halogens is 3. The molecule has 0 atom stereocenters. The maximum atomic E-state index is 13.2. The van der Waals surface area contributed by atoms with Crippen molar-refractivity contribution >= 4 is 5.96 Å². The maximum absolute atomic E-state index is 13.2. The fraction of sp³-hybridized carbons (Fsp3) is 0.524. The Hall–Kier alpha value is -2.55. The number of nitrogens with one attached hydrogen (secondary N) is 2. The lowest BCUT2D eigenvalue weighted by Crippen LogP contribution is -2.48. The second-order valence-electron chi connectivity index (χ2n) is 7.45. The van der Waals surface area contributed by atoms with E-state index in [9.17, 15) is 13.2 Å². The first-order chi connectivity index (χ1) is 14.4. The van der Waals surface area contributed by atoms with Crippen molar-refractivity contribution in [3.8, 4) is 0 Å². The molecule has 0 amide bonds.